The molecule has 3 aromatic rings. The molecule has 3 aromatic carbocycles. The van der Waals surface area contributed by atoms with Crippen LogP contribution < -0.4 is 41.8 Å². The number of rotatable bonds is 1. The molecule has 4 heteroatoms. The molecule has 0 saturated heterocycles. The van der Waals surface area contributed by atoms with E-state index in [9.17, 15) is 4.39 Å². The van der Waals surface area contributed by atoms with Crippen molar-refractivity contribution in [3.63, 3.8) is 0 Å². The number of hydrogen-bond donors (Lipinski definition) is 0. The minimum absolute atomic E-state index is 0. The van der Waals surface area contributed by atoms with Crippen molar-refractivity contribution in [2.45, 2.75) is 5.71 Å². The zero-order valence-electron chi connectivity index (χ0n) is 12.5. The predicted molar refractivity (Wildman–Crippen MR) is 89.9 cm³/mol. The summed E-state index contributed by atoms with van der Waals surface area (Å²) in [4.78, 5) is 0. The Balaban J connectivity index is 0.00000156. The maximum Gasteiger partial charge on any atom is -1.00 e. The fourth-order valence-corrected chi connectivity index (χ4v) is 10.4. The summed E-state index contributed by atoms with van der Waals surface area (Å²) in [6.45, 7) is 0. The molecule has 0 unspecified atom stereocenters. The SMILES string of the molecule is C[As+]1(c2cccc(F)c2)c2ccccc2Oc2ccccc21.[I-]. The summed E-state index contributed by atoms with van der Waals surface area (Å²) >= 11 is -2.68. The second-order valence-corrected chi connectivity index (χ2v) is 12.9. The van der Waals surface area contributed by atoms with Gasteiger partial charge in [0, 0.05) is 0 Å². The summed E-state index contributed by atoms with van der Waals surface area (Å²) in [5.41, 5.74) is 2.30. The number of benzene rings is 3. The maximum absolute atomic E-state index is 13.8. The van der Waals surface area contributed by atoms with Crippen LogP contribution in [-0.2, 0) is 0 Å². The zero-order chi connectivity index (χ0) is 15.2. The van der Waals surface area contributed by atoms with Crippen LogP contribution in [0.2, 0.25) is 5.71 Å². The van der Waals surface area contributed by atoms with Crippen molar-refractivity contribution >= 4 is 26.6 Å². The molecule has 0 N–H and O–H groups in total. The van der Waals surface area contributed by atoms with Gasteiger partial charge in [-0.25, -0.2) is 0 Å². The van der Waals surface area contributed by atoms with E-state index in [0.717, 1.165) is 15.9 Å². The van der Waals surface area contributed by atoms with Gasteiger partial charge < -0.3 is 24.0 Å². The second kappa shape index (κ2) is 6.29. The van der Waals surface area contributed by atoms with Crippen molar-refractivity contribution in [1.29, 1.82) is 0 Å². The van der Waals surface area contributed by atoms with Crippen molar-refractivity contribution in [1.82, 2.24) is 0 Å². The predicted octanol–water partition coefficient (Wildman–Crippen LogP) is 0.0354. The van der Waals surface area contributed by atoms with E-state index in [4.69, 9.17) is 4.74 Å². The zero-order valence-corrected chi connectivity index (χ0v) is 16.6. The molecule has 116 valence electrons. The molecule has 0 aromatic heterocycles. The molecule has 23 heavy (non-hydrogen) atoms. The van der Waals surface area contributed by atoms with Crippen LogP contribution in [0, 0.1) is 5.82 Å². The minimum atomic E-state index is -2.68. The third-order valence-electron chi connectivity index (χ3n) is 4.24. The summed E-state index contributed by atoms with van der Waals surface area (Å²) < 4.78 is 23.5. The molecule has 1 heterocycles. The molecule has 0 spiro atoms. The van der Waals surface area contributed by atoms with Crippen molar-refractivity contribution in [3.8, 4) is 11.5 Å². The number of ether oxygens (including phenoxy) is 1. The summed E-state index contributed by atoms with van der Waals surface area (Å²) in [6.07, 6.45) is 0. The first-order chi connectivity index (χ1) is 10.7. The summed E-state index contributed by atoms with van der Waals surface area (Å²) in [7, 11) is 0. The first-order valence-electron chi connectivity index (χ1n) is 7.19. The van der Waals surface area contributed by atoms with E-state index < -0.39 is 13.6 Å². The third kappa shape index (κ3) is 2.60. The average Bonchev–Trinajstić information content (AvgIpc) is 2.55. The van der Waals surface area contributed by atoms with Gasteiger partial charge in [0.1, 0.15) is 0 Å². The molecule has 4 rings (SSSR count). The average molecular weight is 480 g/mol. The van der Waals surface area contributed by atoms with Crippen molar-refractivity contribution in [2.75, 3.05) is 0 Å². The van der Waals surface area contributed by atoms with E-state index >= 15 is 0 Å². The number of para-hydroxylation sites is 2. The van der Waals surface area contributed by atoms with Crippen molar-refractivity contribution in [2.24, 2.45) is 0 Å². The van der Waals surface area contributed by atoms with Crippen LogP contribution in [0.1, 0.15) is 0 Å². The van der Waals surface area contributed by atoms with Crippen LogP contribution in [-0.4, -0.2) is 13.6 Å². The number of halogens is 2. The molecule has 1 aliphatic heterocycles. The van der Waals surface area contributed by atoms with E-state index in [1.807, 2.05) is 36.4 Å². The Morgan fingerprint density at radius 1 is 0.783 bits per heavy atom. The van der Waals surface area contributed by atoms with E-state index in [1.165, 1.54) is 14.8 Å². The van der Waals surface area contributed by atoms with Gasteiger partial charge in [-0.1, -0.05) is 0 Å². The molecule has 0 fully saturated rings. The first-order valence-corrected chi connectivity index (χ1v) is 11.9. The largest absolute Gasteiger partial charge is 1.00 e. The van der Waals surface area contributed by atoms with Crippen LogP contribution >= 0.6 is 0 Å². The Hall–Kier alpha value is -1.32. The van der Waals surface area contributed by atoms with E-state index in [1.54, 1.807) is 12.1 Å². The van der Waals surface area contributed by atoms with Gasteiger partial charge in [0.25, 0.3) is 0 Å². The van der Waals surface area contributed by atoms with Crippen molar-refractivity contribution in [3.05, 3.63) is 78.6 Å². The van der Waals surface area contributed by atoms with Gasteiger partial charge in [-0.15, -0.1) is 0 Å². The van der Waals surface area contributed by atoms with Crippen LogP contribution in [0.25, 0.3) is 0 Å². The smallest absolute Gasteiger partial charge is 1.00 e. The van der Waals surface area contributed by atoms with Crippen LogP contribution in [0.4, 0.5) is 4.39 Å². The molecular formula is C19H15AsFIO. The number of fused-ring (bicyclic) bond motifs is 2. The monoisotopic (exact) mass is 480 g/mol. The van der Waals surface area contributed by atoms with E-state index in [2.05, 4.69) is 23.9 Å². The van der Waals surface area contributed by atoms with Gasteiger partial charge >= 0.3 is 132 Å². The molecule has 0 radical (unpaired) electrons. The Morgan fingerprint density at radius 3 is 1.91 bits per heavy atom. The molecular weight excluding hydrogens is 465 g/mol. The molecule has 0 amide bonds. The molecule has 0 saturated carbocycles. The summed E-state index contributed by atoms with van der Waals surface area (Å²) in [5, 5.41) is 0. The van der Waals surface area contributed by atoms with Gasteiger partial charge in [0.2, 0.25) is 0 Å². The van der Waals surface area contributed by atoms with Gasteiger partial charge in [0.15, 0.2) is 0 Å². The van der Waals surface area contributed by atoms with E-state index in [0.29, 0.717) is 0 Å². The molecule has 1 aliphatic rings. The first kappa shape index (κ1) is 16.5. The third-order valence-corrected chi connectivity index (χ3v) is 12.6. The molecule has 0 atom stereocenters. The summed E-state index contributed by atoms with van der Waals surface area (Å²) in [5.74, 6) is 1.63. The van der Waals surface area contributed by atoms with Crippen LogP contribution in [0.5, 0.6) is 11.5 Å². The fraction of sp³-hybridized carbons (Fsp3) is 0.0526. The van der Waals surface area contributed by atoms with Gasteiger partial charge in [-0.3, -0.25) is 0 Å². The number of hydrogen-bond acceptors (Lipinski definition) is 1. The van der Waals surface area contributed by atoms with E-state index in [-0.39, 0.29) is 29.8 Å². The Labute approximate surface area is 155 Å². The van der Waals surface area contributed by atoms with Gasteiger partial charge in [-0.2, -0.15) is 0 Å². The quantitative estimate of drug-likeness (QED) is 0.353. The van der Waals surface area contributed by atoms with Gasteiger partial charge in [0.05, 0.1) is 0 Å². The molecule has 0 bridgehead atoms. The van der Waals surface area contributed by atoms with Gasteiger partial charge in [-0.05, 0) is 0 Å². The fourth-order valence-electron chi connectivity index (χ4n) is 3.11. The van der Waals surface area contributed by atoms with Crippen LogP contribution in [0.15, 0.2) is 72.8 Å². The Kier molecular flexibility index (Phi) is 4.52. The van der Waals surface area contributed by atoms with Crippen LogP contribution in [0.3, 0.4) is 0 Å². The maximum atomic E-state index is 13.8. The topological polar surface area (TPSA) is 9.23 Å². The second-order valence-electron chi connectivity index (χ2n) is 5.52. The van der Waals surface area contributed by atoms with Crippen molar-refractivity contribution < 1.29 is 33.1 Å². The Morgan fingerprint density at radius 2 is 1.35 bits per heavy atom. The molecule has 1 nitrogen and oxygen atoms in total. The minimum Gasteiger partial charge on any atom is -1.00 e. The summed E-state index contributed by atoms with van der Waals surface area (Å²) in [6, 6.07) is 23.4. The normalized spacial score (nSPS) is 14.0. The molecule has 0 aliphatic carbocycles. The standard InChI is InChI=1S/C19H15AsFO.HI/c1-20(14-7-6-8-15(21)13-14)16-9-2-4-11-18(16)22-19-12-5-3-10-17(19)20;/h2-13H,1H3;1H/q+1;/p-1. The Bertz CT molecular complexity index is 820.